The van der Waals surface area contributed by atoms with Crippen LogP contribution in [0.1, 0.15) is 41.7 Å². The van der Waals surface area contributed by atoms with E-state index in [0.717, 1.165) is 28.8 Å². The molecule has 0 heterocycles. The summed E-state index contributed by atoms with van der Waals surface area (Å²) in [6, 6.07) is 23.3. The zero-order valence-corrected chi connectivity index (χ0v) is 28.5. The van der Waals surface area contributed by atoms with Gasteiger partial charge in [-0.1, -0.05) is 83.9 Å². The Morgan fingerprint density at radius 2 is 1.50 bits per heavy atom. The maximum Gasteiger partial charge on any atom is 0.417 e. The van der Waals surface area contributed by atoms with Gasteiger partial charge >= 0.3 is 6.18 Å². The van der Waals surface area contributed by atoms with Gasteiger partial charge < -0.3 is 10.2 Å². The molecule has 1 unspecified atom stereocenters. The van der Waals surface area contributed by atoms with Crippen molar-refractivity contribution in [3.8, 4) is 0 Å². The number of hydrogen-bond acceptors (Lipinski definition) is 4. The van der Waals surface area contributed by atoms with Crippen LogP contribution in [0.4, 0.5) is 18.9 Å². The van der Waals surface area contributed by atoms with Gasteiger partial charge in [0.1, 0.15) is 12.6 Å². The van der Waals surface area contributed by atoms with Crippen LogP contribution in [-0.4, -0.2) is 43.8 Å². The Morgan fingerprint density at radius 3 is 2.10 bits per heavy atom. The molecule has 7 nitrogen and oxygen atoms in total. The average Bonchev–Trinajstić information content (AvgIpc) is 3.02. The van der Waals surface area contributed by atoms with Crippen molar-refractivity contribution in [3.05, 3.63) is 130 Å². The first-order chi connectivity index (χ1) is 22.6. The van der Waals surface area contributed by atoms with Gasteiger partial charge in [-0.3, -0.25) is 13.9 Å². The van der Waals surface area contributed by atoms with Crippen molar-refractivity contribution in [2.24, 2.45) is 0 Å². The first kappa shape index (κ1) is 36.5. The quantitative estimate of drug-likeness (QED) is 0.168. The molecule has 0 saturated heterocycles. The van der Waals surface area contributed by atoms with E-state index in [-0.39, 0.29) is 23.9 Å². The predicted octanol–water partition coefficient (Wildman–Crippen LogP) is 7.34. The summed E-state index contributed by atoms with van der Waals surface area (Å²) in [7, 11) is -4.60. The number of carbonyl (C=O) groups is 2. The van der Waals surface area contributed by atoms with Gasteiger partial charge in [0.05, 0.1) is 21.2 Å². The number of amides is 2. The van der Waals surface area contributed by atoms with E-state index in [1.54, 1.807) is 57.2 Å². The summed E-state index contributed by atoms with van der Waals surface area (Å²) in [6.07, 6.45) is -4.80. The van der Waals surface area contributed by atoms with Gasteiger partial charge in [0.15, 0.2) is 0 Å². The molecule has 4 aromatic rings. The molecular formula is C36H37ClF3N3O4S. The SMILES string of the molecule is Cc1ccc(S(=O)(=O)N(CC(=O)N(Cc2ccccc2C)C(Cc2ccccc2)C(=O)NC(C)C)c2ccc(Cl)c(C(F)(F)F)c2)cc1. The number of rotatable bonds is 12. The lowest BCUT2D eigenvalue weighted by molar-refractivity contribution is -0.140. The number of alkyl halides is 3. The smallest absolute Gasteiger partial charge is 0.352 e. The highest BCUT2D eigenvalue weighted by Crippen LogP contribution is 2.38. The van der Waals surface area contributed by atoms with Crippen molar-refractivity contribution in [1.82, 2.24) is 10.2 Å². The molecule has 4 aromatic carbocycles. The van der Waals surface area contributed by atoms with E-state index < -0.39 is 56.9 Å². The van der Waals surface area contributed by atoms with Crippen LogP contribution in [-0.2, 0) is 38.8 Å². The number of aryl methyl sites for hydroxylation is 2. The van der Waals surface area contributed by atoms with Crippen LogP contribution in [0.5, 0.6) is 0 Å². The molecule has 0 aliphatic heterocycles. The molecule has 1 N–H and O–H groups in total. The van der Waals surface area contributed by atoms with Crippen molar-refractivity contribution < 1.29 is 31.2 Å². The molecule has 1 atom stereocenters. The minimum absolute atomic E-state index is 0.0681. The third-order valence-electron chi connectivity index (χ3n) is 7.74. The summed E-state index contributed by atoms with van der Waals surface area (Å²) in [5.41, 5.74) is 1.37. The highest BCUT2D eigenvalue weighted by molar-refractivity contribution is 7.92. The average molecular weight is 700 g/mol. The Hall–Kier alpha value is -4.35. The molecule has 48 heavy (non-hydrogen) atoms. The lowest BCUT2D eigenvalue weighted by atomic mass is 10.0. The number of anilines is 1. The van der Waals surface area contributed by atoms with Gasteiger partial charge in [-0.25, -0.2) is 8.42 Å². The molecule has 12 heteroatoms. The second-order valence-electron chi connectivity index (χ2n) is 11.8. The first-order valence-corrected chi connectivity index (χ1v) is 17.0. The Morgan fingerprint density at radius 1 is 0.875 bits per heavy atom. The number of carbonyl (C=O) groups excluding carboxylic acids is 2. The number of nitrogens with zero attached hydrogens (tertiary/aromatic N) is 2. The van der Waals surface area contributed by atoms with Crippen LogP contribution in [0, 0.1) is 13.8 Å². The zero-order valence-electron chi connectivity index (χ0n) is 27.0. The maximum absolute atomic E-state index is 14.5. The number of nitrogens with one attached hydrogen (secondary N) is 1. The third-order valence-corrected chi connectivity index (χ3v) is 9.85. The molecule has 0 radical (unpaired) electrons. The van der Waals surface area contributed by atoms with Crippen molar-refractivity contribution in [1.29, 1.82) is 0 Å². The summed E-state index contributed by atoms with van der Waals surface area (Å²) in [5, 5.41) is 2.25. The second-order valence-corrected chi connectivity index (χ2v) is 14.1. The molecule has 2 amide bonds. The van der Waals surface area contributed by atoms with Gasteiger partial charge in [0, 0.05) is 19.0 Å². The molecule has 0 fully saturated rings. The zero-order chi connectivity index (χ0) is 35.2. The fourth-order valence-corrected chi connectivity index (χ4v) is 6.79. The standard InChI is InChI=1S/C36H37ClF3N3O4S/c1-24(2)41-35(45)33(20-27-11-6-5-7-12-27)42(22-28-13-9-8-10-26(28)4)34(44)23-43(48(46,47)30-17-14-25(3)15-18-30)29-16-19-32(37)31(21-29)36(38,39)40/h5-19,21,24,33H,20,22-23H2,1-4H3,(H,41,45). The number of halogens is 4. The minimum atomic E-state index is -4.90. The first-order valence-electron chi connectivity index (χ1n) is 15.2. The van der Waals surface area contributed by atoms with E-state index in [1.807, 2.05) is 37.3 Å². The summed E-state index contributed by atoms with van der Waals surface area (Å²) in [4.78, 5) is 29.4. The normalized spacial score (nSPS) is 12.4. The maximum atomic E-state index is 14.5. The molecule has 0 bridgehead atoms. The summed E-state index contributed by atoms with van der Waals surface area (Å²) in [6.45, 7) is 6.19. The van der Waals surface area contributed by atoms with E-state index in [4.69, 9.17) is 11.6 Å². The van der Waals surface area contributed by atoms with Gasteiger partial charge in [-0.15, -0.1) is 0 Å². The molecule has 0 aliphatic rings. The molecule has 0 aromatic heterocycles. The Labute approximate surface area is 284 Å². The van der Waals surface area contributed by atoms with Gasteiger partial charge in [-0.2, -0.15) is 13.2 Å². The van der Waals surface area contributed by atoms with E-state index in [1.165, 1.54) is 17.0 Å². The van der Waals surface area contributed by atoms with E-state index in [9.17, 15) is 31.2 Å². The monoisotopic (exact) mass is 699 g/mol. The Balaban J connectivity index is 1.88. The number of hydrogen-bond donors (Lipinski definition) is 1. The summed E-state index contributed by atoms with van der Waals surface area (Å²) in [5.74, 6) is -1.26. The topological polar surface area (TPSA) is 86.8 Å². The van der Waals surface area contributed by atoms with Crippen LogP contribution in [0.3, 0.4) is 0 Å². The lowest BCUT2D eigenvalue weighted by Gasteiger charge is -2.34. The van der Waals surface area contributed by atoms with Gasteiger partial charge in [0.2, 0.25) is 11.8 Å². The largest absolute Gasteiger partial charge is 0.417 e. The molecule has 0 spiro atoms. The van der Waals surface area contributed by atoms with E-state index in [2.05, 4.69) is 5.32 Å². The second kappa shape index (κ2) is 15.3. The lowest BCUT2D eigenvalue weighted by Crippen LogP contribution is -2.54. The van der Waals surface area contributed by atoms with Crippen molar-refractivity contribution in [2.75, 3.05) is 10.8 Å². The van der Waals surface area contributed by atoms with Crippen molar-refractivity contribution in [3.63, 3.8) is 0 Å². The molecule has 0 aliphatic carbocycles. The predicted molar refractivity (Wildman–Crippen MR) is 181 cm³/mol. The molecule has 4 rings (SSSR count). The van der Waals surface area contributed by atoms with Crippen LogP contribution in [0.15, 0.2) is 102 Å². The third kappa shape index (κ3) is 8.96. The number of sulfonamides is 1. The van der Waals surface area contributed by atoms with Gasteiger partial charge in [0.25, 0.3) is 10.0 Å². The Kier molecular flexibility index (Phi) is 11.6. The Bertz CT molecular complexity index is 1850. The highest BCUT2D eigenvalue weighted by atomic mass is 35.5. The molecule has 0 saturated carbocycles. The summed E-state index contributed by atoms with van der Waals surface area (Å²) >= 11 is 5.88. The van der Waals surface area contributed by atoms with Crippen LogP contribution in [0.25, 0.3) is 0 Å². The minimum Gasteiger partial charge on any atom is -0.352 e. The van der Waals surface area contributed by atoms with Crippen LogP contribution < -0.4 is 9.62 Å². The molecule has 254 valence electrons. The van der Waals surface area contributed by atoms with Crippen LogP contribution in [0.2, 0.25) is 5.02 Å². The van der Waals surface area contributed by atoms with Crippen molar-refractivity contribution in [2.45, 2.75) is 63.8 Å². The van der Waals surface area contributed by atoms with E-state index >= 15 is 0 Å². The van der Waals surface area contributed by atoms with Gasteiger partial charge in [-0.05, 0) is 74.7 Å². The van der Waals surface area contributed by atoms with Crippen LogP contribution >= 0.6 is 11.6 Å². The number of benzene rings is 4. The fraction of sp³-hybridized carbons (Fsp3) is 0.278. The fourth-order valence-electron chi connectivity index (χ4n) is 5.16. The van der Waals surface area contributed by atoms with Crippen molar-refractivity contribution >= 4 is 39.1 Å². The highest BCUT2D eigenvalue weighted by Gasteiger charge is 2.38. The summed E-state index contributed by atoms with van der Waals surface area (Å²) < 4.78 is 70.8. The van der Waals surface area contributed by atoms with E-state index in [0.29, 0.717) is 15.9 Å². The molecular weight excluding hydrogens is 663 g/mol.